The molecule has 1 aliphatic rings. The summed E-state index contributed by atoms with van der Waals surface area (Å²) in [5.74, 6) is 1.32. The van der Waals surface area contributed by atoms with Crippen LogP contribution >= 0.6 is 0 Å². The van der Waals surface area contributed by atoms with Crippen molar-refractivity contribution in [1.82, 2.24) is 0 Å². The average molecular weight is 262 g/mol. The van der Waals surface area contributed by atoms with Gasteiger partial charge in [-0.1, -0.05) is 38.2 Å². The van der Waals surface area contributed by atoms with E-state index >= 15 is 0 Å². The number of methoxy groups -OCH3 is 1. The van der Waals surface area contributed by atoms with E-state index in [2.05, 4.69) is 6.07 Å². The fraction of sp³-hybridized carbons (Fsp3) is 0.647. The second-order valence-corrected chi connectivity index (χ2v) is 5.78. The first-order valence-corrected chi connectivity index (χ1v) is 7.55. The zero-order valence-corrected chi connectivity index (χ0v) is 12.2. The molecule has 106 valence electrons. The molecule has 0 spiro atoms. The van der Waals surface area contributed by atoms with Crippen LogP contribution in [-0.2, 0) is 0 Å². The van der Waals surface area contributed by atoms with E-state index in [1.54, 1.807) is 7.11 Å². The Morgan fingerprint density at radius 2 is 1.74 bits per heavy atom. The minimum Gasteiger partial charge on any atom is -0.496 e. The van der Waals surface area contributed by atoms with Crippen LogP contribution in [0.15, 0.2) is 18.2 Å². The Labute approximate surface area is 116 Å². The van der Waals surface area contributed by atoms with Gasteiger partial charge in [0.15, 0.2) is 0 Å². The lowest BCUT2D eigenvalue weighted by molar-refractivity contribution is 0.0912. The molecule has 19 heavy (non-hydrogen) atoms. The predicted octanol–water partition coefficient (Wildman–Crippen LogP) is 4.40. The Morgan fingerprint density at radius 3 is 2.32 bits per heavy atom. The van der Waals surface area contributed by atoms with Crippen LogP contribution in [0, 0.1) is 12.8 Å². The molecule has 1 unspecified atom stereocenters. The minimum atomic E-state index is -0.317. The lowest BCUT2D eigenvalue weighted by Crippen LogP contribution is -2.14. The van der Waals surface area contributed by atoms with Gasteiger partial charge >= 0.3 is 0 Å². The number of rotatable bonds is 3. The maximum absolute atomic E-state index is 10.6. The highest BCUT2D eigenvalue weighted by Gasteiger charge is 2.21. The second kappa shape index (κ2) is 6.95. The quantitative estimate of drug-likeness (QED) is 0.875. The SMILES string of the molecule is COc1ccc(C(O)C2CCCCCCC2)cc1C. The fourth-order valence-corrected chi connectivity index (χ4v) is 3.16. The van der Waals surface area contributed by atoms with Crippen LogP contribution in [0.5, 0.6) is 5.75 Å². The van der Waals surface area contributed by atoms with Gasteiger partial charge in [-0.3, -0.25) is 0 Å². The van der Waals surface area contributed by atoms with Gasteiger partial charge in [0, 0.05) is 0 Å². The Morgan fingerprint density at radius 1 is 1.11 bits per heavy atom. The number of aliphatic hydroxyl groups excluding tert-OH is 1. The topological polar surface area (TPSA) is 29.5 Å². The molecule has 0 radical (unpaired) electrons. The highest BCUT2D eigenvalue weighted by atomic mass is 16.5. The van der Waals surface area contributed by atoms with E-state index in [4.69, 9.17) is 4.74 Å². The van der Waals surface area contributed by atoms with Gasteiger partial charge in [0.25, 0.3) is 0 Å². The lowest BCUT2D eigenvalue weighted by atomic mass is 9.84. The number of aliphatic hydroxyl groups is 1. The third-order valence-electron chi connectivity index (χ3n) is 4.36. The van der Waals surface area contributed by atoms with Crippen molar-refractivity contribution >= 4 is 0 Å². The van der Waals surface area contributed by atoms with Crippen molar-refractivity contribution in [3.63, 3.8) is 0 Å². The molecule has 0 heterocycles. The number of hydrogen-bond acceptors (Lipinski definition) is 2. The minimum absolute atomic E-state index is 0.317. The van der Waals surface area contributed by atoms with E-state index in [9.17, 15) is 5.11 Å². The molecule has 1 aromatic carbocycles. The second-order valence-electron chi connectivity index (χ2n) is 5.78. The van der Waals surface area contributed by atoms with Gasteiger partial charge in [-0.05, 0) is 48.9 Å². The van der Waals surface area contributed by atoms with Crippen molar-refractivity contribution in [3.8, 4) is 5.75 Å². The summed E-state index contributed by atoms with van der Waals surface area (Å²) in [5.41, 5.74) is 2.15. The molecule has 1 N–H and O–H groups in total. The van der Waals surface area contributed by atoms with Crippen LogP contribution in [0.4, 0.5) is 0 Å². The third kappa shape index (κ3) is 3.73. The van der Waals surface area contributed by atoms with Gasteiger partial charge in [-0.2, -0.15) is 0 Å². The maximum Gasteiger partial charge on any atom is 0.121 e. The Hall–Kier alpha value is -1.02. The first-order chi connectivity index (χ1) is 9.22. The standard InChI is InChI=1S/C17H26O2/c1-13-12-15(10-11-16(13)19-2)17(18)14-8-6-4-3-5-7-9-14/h10-12,14,17-18H,3-9H2,1-2H3. The molecule has 1 aromatic rings. The summed E-state index contributed by atoms with van der Waals surface area (Å²) in [7, 11) is 1.69. The number of aryl methyl sites for hydroxylation is 1. The maximum atomic E-state index is 10.6. The van der Waals surface area contributed by atoms with Gasteiger partial charge in [-0.15, -0.1) is 0 Å². The number of hydrogen-bond donors (Lipinski definition) is 1. The summed E-state index contributed by atoms with van der Waals surface area (Å²) in [4.78, 5) is 0. The Kier molecular flexibility index (Phi) is 5.26. The van der Waals surface area contributed by atoms with Crippen LogP contribution in [0.3, 0.4) is 0 Å². The van der Waals surface area contributed by atoms with Crippen molar-refractivity contribution in [2.75, 3.05) is 7.11 Å². The Balaban J connectivity index is 2.08. The van der Waals surface area contributed by atoms with Gasteiger partial charge < -0.3 is 9.84 Å². The molecule has 2 heteroatoms. The molecule has 0 aromatic heterocycles. The monoisotopic (exact) mass is 262 g/mol. The van der Waals surface area contributed by atoms with Gasteiger partial charge in [-0.25, -0.2) is 0 Å². The normalized spacial score (nSPS) is 19.5. The molecule has 1 saturated carbocycles. The van der Waals surface area contributed by atoms with Crippen molar-refractivity contribution in [2.24, 2.45) is 5.92 Å². The van der Waals surface area contributed by atoms with Crippen LogP contribution < -0.4 is 4.74 Å². The molecule has 1 aliphatic carbocycles. The number of benzene rings is 1. The molecule has 2 rings (SSSR count). The summed E-state index contributed by atoms with van der Waals surface area (Å²) in [5, 5.41) is 10.6. The summed E-state index contributed by atoms with van der Waals surface area (Å²) >= 11 is 0. The van der Waals surface area contributed by atoms with E-state index < -0.39 is 0 Å². The molecule has 0 bridgehead atoms. The van der Waals surface area contributed by atoms with Crippen LogP contribution in [0.1, 0.15) is 62.2 Å². The smallest absolute Gasteiger partial charge is 0.121 e. The van der Waals surface area contributed by atoms with E-state index in [1.807, 2.05) is 19.1 Å². The van der Waals surface area contributed by atoms with Crippen molar-refractivity contribution < 1.29 is 9.84 Å². The van der Waals surface area contributed by atoms with E-state index in [1.165, 1.54) is 32.1 Å². The van der Waals surface area contributed by atoms with E-state index in [0.717, 1.165) is 29.7 Å². The van der Waals surface area contributed by atoms with Crippen molar-refractivity contribution in [3.05, 3.63) is 29.3 Å². The molecular weight excluding hydrogens is 236 g/mol. The third-order valence-corrected chi connectivity index (χ3v) is 4.36. The van der Waals surface area contributed by atoms with E-state index in [0.29, 0.717) is 5.92 Å². The van der Waals surface area contributed by atoms with E-state index in [-0.39, 0.29) is 6.10 Å². The first-order valence-electron chi connectivity index (χ1n) is 7.55. The first kappa shape index (κ1) is 14.4. The molecule has 0 saturated heterocycles. The van der Waals surface area contributed by atoms with Gasteiger partial charge in [0.2, 0.25) is 0 Å². The van der Waals surface area contributed by atoms with Crippen LogP contribution in [0.2, 0.25) is 0 Å². The number of ether oxygens (including phenoxy) is 1. The molecular formula is C17H26O2. The zero-order chi connectivity index (χ0) is 13.7. The summed E-state index contributed by atoms with van der Waals surface area (Å²) in [6.07, 6.45) is 8.54. The lowest BCUT2D eigenvalue weighted by Gasteiger charge is -2.25. The largest absolute Gasteiger partial charge is 0.496 e. The highest BCUT2D eigenvalue weighted by molar-refractivity contribution is 5.37. The van der Waals surface area contributed by atoms with Crippen molar-refractivity contribution in [1.29, 1.82) is 0 Å². The molecule has 0 amide bonds. The molecule has 0 aliphatic heterocycles. The summed E-state index contributed by atoms with van der Waals surface area (Å²) < 4.78 is 5.28. The molecule has 2 nitrogen and oxygen atoms in total. The fourth-order valence-electron chi connectivity index (χ4n) is 3.16. The van der Waals surface area contributed by atoms with Crippen LogP contribution in [-0.4, -0.2) is 12.2 Å². The predicted molar refractivity (Wildman–Crippen MR) is 78.5 cm³/mol. The summed E-state index contributed by atoms with van der Waals surface area (Å²) in [6, 6.07) is 6.05. The molecule has 1 fully saturated rings. The van der Waals surface area contributed by atoms with Gasteiger partial charge in [0.05, 0.1) is 13.2 Å². The Bertz CT molecular complexity index is 392. The highest BCUT2D eigenvalue weighted by Crippen LogP contribution is 2.34. The zero-order valence-electron chi connectivity index (χ0n) is 12.2. The van der Waals surface area contributed by atoms with Crippen molar-refractivity contribution in [2.45, 2.75) is 58.0 Å². The van der Waals surface area contributed by atoms with Crippen LogP contribution in [0.25, 0.3) is 0 Å². The average Bonchev–Trinajstić information content (AvgIpc) is 2.37. The molecule has 1 atom stereocenters. The van der Waals surface area contributed by atoms with Gasteiger partial charge in [0.1, 0.15) is 5.75 Å². The summed E-state index contributed by atoms with van der Waals surface area (Å²) in [6.45, 7) is 2.03.